The Morgan fingerprint density at radius 2 is 1.86 bits per heavy atom. The molecule has 1 N–H and O–H groups in total. The van der Waals surface area contributed by atoms with Crippen molar-refractivity contribution in [1.29, 1.82) is 0 Å². The number of hydrogen-bond donors (Lipinski definition) is 1. The Labute approximate surface area is 216 Å². The molecule has 4 heterocycles. The Balaban J connectivity index is 0.996. The minimum absolute atomic E-state index is 0.315. The van der Waals surface area contributed by atoms with Crippen LogP contribution in [0.5, 0.6) is 0 Å². The summed E-state index contributed by atoms with van der Waals surface area (Å²) in [7, 11) is 0. The van der Waals surface area contributed by atoms with Crippen LogP contribution < -0.4 is 0 Å². The van der Waals surface area contributed by atoms with Gasteiger partial charge in [0.1, 0.15) is 5.82 Å². The van der Waals surface area contributed by atoms with Crippen LogP contribution in [0.1, 0.15) is 42.8 Å². The third-order valence-electron chi connectivity index (χ3n) is 7.89. The van der Waals surface area contributed by atoms with E-state index in [4.69, 9.17) is 4.98 Å². The molecule has 2 saturated carbocycles. The number of benzene rings is 1. The number of fused-ring (bicyclic) bond motifs is 1. The second kappa shape index (κ2) is 9.41. The average Bonchev–Trinajstić information content (AvgIpc) is 3.83. The minimum atomic E-state index is 0.315. The molecule has 1 saturated heterocycles. The van der Waals surface area contributed by atoms with E-state index in [1.807, 2.05) is 12.4 Å². The predicted molar refractivity (Wildman–Crippen MR) is 142 cm³/mol. The van der Waals surface area contributed by atoms with E-state index in [0.29, 0.717) is 18.2 Å². The molecule has 3 aromatic heterocycles. The highest BCUT2D eigenvalue weighted by Gasteiger charge is 2.34. The summed E-state index contributed by atoms with van der Waals surface area (Å²) in [5, 5.41) is 4.55. The number of aromatic amines is 1. The number of nitrogens with one attached hydrogen (secondary N) is 1. The average molecular weight is 496 g/mol. The Kier molecular flexibility index (Phi) is 5.76. The molecule has 0 spiro atoms. The van der Waals surface area contributed by atoms with E-state index in [1.54, 1.807) is 0 Å². The van der Waals surface area contributed by atoms with Gasteiger partial charge >= 0.3 is 0 Å². The SMILES string of the molecule is O=C(C1CC1)N1CCN(Cc2ccnc(Cc3nc4ccc(-c5cnn(CC6CC6)c5)cc4[nH]3)c2)CC1. The third-order valence-corrected chi connectivity index (χ3v) is 7.89. The first-order valence-electron chi connectivity index (χ1n) is 13.6. The first-order valence-corrected chi connectivity index (χ1v) is 13.6. The molecule has 3 fully saturated rings. The monoisotopic (exact) mass is 495 g/mol. The molecule has 0 radical (unpaired) electrons. The largest absolute Gasteiger partial charge is 0.342 e. The molecular weight excluding hydrogens is 462 g/mol. The van der Waals surface area contributed by atoms with Crippen molar-refractivity contribution in [2.75, 3.05) is 26.2 Å². The van der Waals surface area contributed by atoms with Crippen LogP contribution in [0.15, 0.2) is 48.9 Å². The van der Waals surface area contributed by atoms with Gasteiger partial charge < -0.3 is 9.88 Å². The fourth-order valence-electron chi connectivity index (χ4n) is 5.37. The van der Waals surface area contributed by atoms with Gasteiger partial charge in [-0.3, -0.25) is 19.4 Å². The number of rotatable bonds is 8. The fraction of sp³-hybridized carbons (Fsp3) is 0.448. The van der Waals surface area contributed by atoms with Crippen molar-refractivity contribution >= 4 is 16.9 Å². The van der Waals surface area contributed by atoms with Crippen molar-refractivity contribution in [3.63, 3.8) is 0 Å². The first-order chi connectivity index (χ1) is 18.2. The standard InChI is InChI=1S/C29H33N7O/c37-29(22-3-4-22)35-11-9-34(10-12-35)17-21-7-8-30-25(13-21)15-28-32-26-6-5-23(14-27(26)33-28)24-16-31-36(19-24)18-20-1-2-20/h5-8,13-14,16,19-20,22H,1-4,9-12,15,17-18H2,(H,32,33). The topological polar surface area (TPSA) is 82.9 Å². The summed E-state index contributed by atoms with van der Waals surface area (Å²) >= 11 is 0. The number of aromatic nitrogens is 5. The van der Waals surface area contributed by atoms with Crippen LogP contribution in [0, 0.1) is 11.8 Å². The molecule has 8 nitrogen and oxygen atoms in total. The number of amides is 1. The van der Waals surface area contributed by atoms with Crippen molar-refractivity contribution < 1.29 is 4.79 Å². The highest BCUT2D eigenvalue weighted by molar-refractivity contribution is 5.82. The lowest BCUT2D eigenvalue weighted by Gasteiger charge is -2.35. The molecular formula is C29H33N7O. The fourth-order valence-corrected chi connectivity index (χ4v) is 5.37. The highest BCUT2D eigenvalue weighted by atomic mass is 16.2. The van der Waals surface area contributed by atoms with E-state index < -0.39 is 0 Å². The molecule has 2 aliphatic carbocycles. The van der Waals surface area contributed by atoms with E-state index in [9.17, 15) is 4.79 Å². The molecule has 1 amide bonds. The number of H-pyrrole nitrogens is 1. The summed E-state index contributed by atoms with van der Waals surface area (Å²) in [4.78, 5) is 29.8. The lowest BCUT2D eigenvalue weighted by Crippen LogP contribution is -2.48. The molecule has 8 heteroatoms. The number of carbonyl (C=O) groups excluding carboxylic acids is 1. The summed E-state index contributed by atoms with van der Waals surface area (Å²) in [5.41, 5.74) is 6.58. The Hall–Kier alpha value is -3.52. The molecule has 3 aliphatic rings. The van der Waals surface area contributed by atoms with E-state index in [0.717, 1.165) is 91.7 Å². The maximum absolute atomic E-state index is 12.3. The lowest BCUT2D eigenvalue weighted by atomic mass is 10.1. The van der Waals surface area contributed by atoms with Crippen molar-refractivity contribution in [3.8, 4) is 11.1 Å². The Bertz CT molecular complexity index is 1420. The van der Waals surface area contributed by atoms with Crippen molar-refractivity contribution in [2.24, 2.45) is 11.8 Å². The normalized spacial score (nSPS) is 18.5. The minimum Gasteiger partial charge on any atom is -0.342 e. The summed E-state index contributed by atoms with van der Waals surface area (Å²) in [6, 6.07) is 10.7. The zero-order valence-corrected chi connectivity index (χ0v) is 21.1. The molecule has 1 aliphatic heterocycles. The van der Waals surface area contributed by atoms with Gasteiger partial charge in [0.15, 0.2) is 0 Å². The zero-order valence-electron chi connectivity index (χ0n) is 21.1. The summed E-state index contributed by atoms with van der Waals surface area (Å²) < 4.78 is 2.07. The van der Waals surface area contributed by atoms with Gasteiger partial charge in [0.05, 0.1) is 17.2 Å². The maximum Gasteiger partial charge on any atom is 0.225 e. The maximum atomic E-state index is 12.3. The van der Waals surface area contributed by atoms with Crippen LogP contribution in [-0.2, 0) is 24.3 Å². The lowest BCUT2D eigenvalue weighted by molar-refractivity contribution is -0.134. The molecule has 0 atom stereocenters. The van der Waals surface area contributed by atoms with Gasteiger partial charge in [-0.25, -0.2) is 4.98 Å². The van der Waals surface area contributed by atoms with E-state index in [-0.39, 0.29) is 0 Å². The van der Waals surface area contributed by atoms with E-state index >= 15 is 0 Å². The quantitative estimate of drug-likeness (QED) is 0.401. The Morgan fingerprint density at radius 1 is 1.00 bits per heavy atom. The van der Waals surface area contributed by atoms with Gasteiger partial charge in [0.25, 0.3) is 0 Å². The first kappa shape index (κ1) is 22.7. The molecule has 4 aromatic rings. The van der Waals surface area contributed by atoms with Gasteiger partial charge in [-0.05, 0) is 67.0 Å². The number of pyridine rings is 1. The molecule has 190 valence electrons. The number of nitrogens with zero attached hydrogens (tertiary/aromatic N) is 6. The van der Waals surface area contributed by atoms with Gasteiger partial charge in [0.2, 0.25) is 5.91 Å². The van der Waals surface area contributed by atoms with Crippen LogP contribution in [-0.4, -0.2) is 66.6 Å². The molecule has 1 aromatic carbocycles. The zero-order chi connectivity index (χ0) is 24.8. The van der Waals surface area contributed by atoms with Crippen LogP contribution in [0.2, 0.25) is 0 Å². The number of carbonyl (C=O) groups is 1. The highest BCUT2D eigenvalue weighted by Crippen LogP contribution is 2.32. The molecule has 0 bridgehead atoms. The number of piperazine rings is 1. The summed E-state index contributed by atoms with van der Waals surface area (Å²) in [6.07, 6.45) is 11.5. The number of hydrogen-bond acceptors (Lipinski definition) is 5. The van der Waals surface area contributed by atoms with Crippen LogP contribution in [0.4, 0.5) is 0 Å². The summed E-state index contributed by atoms with van der Waals surface area (Å²) in [6.45, 7) is 5.46. The predicted octanol–water partition coefficient (Wildman–Crippen LogP) is 3.88. The van der Waals surface area contributed by atoms with Gasteiger partial charge in [-0.15, -0.1) is 0 Å². The van der Waals surface area contributed by atoms with Crippen LogP contribution >= 0.6 is 0 Å². The molecule has 7 rings (SSSR count). The smallest absolute Gasteiger partial charge is 0.225 e. The van der Waals surface area contributed by atoms with Gasteiger partial charge in [-0.1, -0.05) is 6.07 Å². The van der Waals surface area contributed by atoms with Crippen LogP contribution in [0.25, 0.3) is 22.2 Å². The van der Waals surface area contributed by atoms with Crippen molar-refractivity contribution in [1.82, 2.24) is 34.5 Å². The van der Waals surface area contributed by atoms with Crippen LogP contribution in [0.3, 0.4) is 0 Å². The van der Waals surface area contributed by atoms with E-state index in [1.165, 1.54) is 18.4 Å². The second-order valence-corrected chi connectivity index (χ2v) is 11.0. The van der Waals surface area contributed by atoms with Crippen molar-refractivity contribution in [2.45, 2.75) is 45.2 Å². The van der Waals surface area contributed by atoms with Gasteiger partial charge in [0, 0.05) is 75.3 Å². The Morgan fingerprint density at radius 3 is 2.68 bits per heavy atom. The molecule has 37 heavy (non-hydrogen) atoms. The van der Waals surface area contributed by atoms with Crippen molar-refractivity contribution in [3.05, 3.63) is 66.0 Å². The van der Waals surface area contributed by atoms with E-state index in [2.05, 4.69) is 66.1 Å². The second-order valence-electron chi connectivity index (χ2n) is 11.0. The number of imidazole rings is 1. The summed E-state index contributed by atoms with van der Waals surface area (Å²) in [5.74, 6) is 2.42. The third kappa shape index (κ3) is 5.16. The van der Waals surface area contributed by atoms with Gasteiger partial charge in [-0.2, -0.15) is 5.10 Å². The molecule has 0 unspecified atom stereocenters.